The van der Waals surface area contributed by atoms with Crippen LogP contribution in [0.15, 0.2) is 48.8 Å². The molecule has 86 valence electrons. The number of hydrogen-bond donors (Lipinski definition) is 0. The van der Waals surface area contributed by atoms with Gasteiger partial charge in [-0.25, -0.2) is 0 Å². The molecule has 0 bridgehead atoms. The van der Waals surface area contributed by atoms with Crippen LogP contribution < -0.4 is 0 Å². The van der Waals surface area contributed by atoms with E-state index in [9.17, 15) is 0 Å². The van der Waals surface area contributed by atoms with Gasteiger partial charge in [0.15, 0.2) is 0 Å². The summed E-state index contributed by atoms with van der Waals surface area (Å²) >= 11 is 3.80. The molecule has 2 nitrogen and oxygen atoms in total. The maximum absolute atomic E-state index is 4.19. The summed E-state index contributed by atoms with van der Waals surface area (Å²) in [5, 5.41) is 0. The minimum absolute atomic E-state index is 0. The first-order chi connectivity index (χ1) is 7.97. The van der Waals surface area contributed by atoms with Gasteiger partial charge < -0.3 is 45.2 Å². The first kappa shape index (κ1) is 19.7. The number of pyridine rings is 2. The number of nitrogens with zero attached hydrogens (tertiary/aromatic N) is 2. The van der Waals surface area contributed by atoms with Crippen LogP contribution in [0.25, 0.3) is 11.4 Å². The molecule has 2 rings (SSSR count). The molecule has 2 aromatic rings. The quantitative estimate of drug-likeness (QED) is 0.324. The molecule has 0 amide bonds. The van der Waals surface area contributed by atoms with Gasteiger partial charge in [-0.1, -0.05) is 12.1 Å². The van der Waals surface area contributed by atoms with Gasteiger partial charge in [0.05, 0.1) is 11.4 Å². The maximum atomic E-state index is 4.19. The van der Waals surface area contributed by atoms with Crippen molar-refractivity contribution in [3.05, 3.63) is 58.7 Å². The van der Waals surface area contributed by atoms with Crippen molar-refractivity contribution in [2.75, 3.05) is 0 Å². The molecule has 5 heteroatoms. The Balaban J connectivity index is 0. The van der Waals surface area contributed by atoms with Gasteiger partial charge in [-0.05, 0) is 24.3 Å². The summed E-state index contributed by atoms with van der Waals surface area (Å²) in [4.78, 5) is 14.8. The predicted octanol–water partition coefficient (Wildman–Crippen LogP) is 4.57. The van der Waals surface area contributed by atoms with Crippen LogP contribution in [0.3, 0.4) is 0 Å². The van der Waals surface area contributed by atoms with E-state index in [2.05, 4.69) is 19.8 Å². The second-order valence-electron chi connectivity index (χ2n) is 2.43. The smallest absolute Gasteiger partial charge is 0.319 e. The van der Waals surface area contributed by atoms with Gasteiger partial charge >= 0.3 is 19.5 Å². The summed E-state index contributed by atoms with van der Waals surface area (Å²) in [6.45, 7) is 0. The number of rotatable bonds is 1. The van der Waals surface area contributed by atoms with Crippen molar-refractivity contribution in [2.45, 2.75) is 0 Å². The second-order valence-corrected chi connectivity index (χ2v) is 2.43. The molecule has 0 N–H and O–H groups in total. The Morgan fingerprint density at radius 1 is 0.706 bits per heavy atom. The standard InChI is InChI=1S/C10H8N2.2CH2I.Zn/c1-3-7-11-9(5-1)10-6-2-4-8-12-10;2*1-2;/h1-8H;2*1H2;/q;2*-1;+2. The summed E-state index contributed by atoms with van der Waals surface area (Å²) in [6.07, 6.45) is 3.54. The average molecular weight is 503 g/mol. The number of hydrogen-bond acceptors (Lipinski definition) is 2. The summed E-state index contributed by atoms with van der Waals surface area (Å²) in [5.41, 5.74) is 1.83. The topological polar surface area (TPSA) is 25.8 Å². The van der Waals surface area contributed by atoms with Crippen LogP contribution in [0.1, 0.15) is 0 Å². The van der Waals surface area contributed by atoms with Crippen molar-refractivity contribution < 1.29 is 19.5 Å². The molecule has 0 unspecified atom stereocenters. The molecule has 0 radical (unpaired) electrons. The Labute approximate surface area is 143 Å². The first-order valence-corrected chi connectivity index (χ1v) is 7.38. The van der Waals surface area contributed by atoms with E-state index in [1.165, 1.54) is 0 Å². The van der Waals surface area contributed by atoms with Crippen LogP contribution in [0, 0.1) is 9.86 Å². The molecular weight excluding hydrogens is 491 g/mol. The van der Waals surface area contributed by atoms with Crippen LogP contribution in [0.2, 0.25) is 0 Å². The molecule has 17 heavy (non-hydrogen) atoms. The fourth-order valence-electron chi connectivity index (χ4n) is 1.03. The van der Waals surface area contributed by atoms with Crippen molar-refractivity contribution in [3.8, 4) is 11.4 Å². The van der Waals surface area contributed by atoms with Gasteiger partial charge in [0.2, 0.25) is 0 Å². The van der Waals surface area contributed by atoms with Crippen LogP contribution in [0.5, 0.6) is 0 Å². The average Bonchev–Trinajstić information content (AvgIpc) is 2.45. The van der Waals surface area contributed by atoms with E-state index < -0.39 is 0 Å². The monoisotopic (exact) mass is 502 g/mol. The Hall–Kier alpha value is 0.383. The van der Waals surface area contributed by atoms with Crippen molar-refractivity contribution in [2.24, 2.45) is 0 Å². The molecule has 0 aliphatic carbocycles. The van der Waals surface area contributed by atoms with Crippen LogP contribution in [-0.2, 0) is 19.5 Å². The van der Waals surface area contributed by atoms with E-state index in [-0.39, 0.29) is 19.5 Å². The summed E-state index contributed by atoms with van der Waals surface area (Å²) in [5.74, 6) is 0. The second kappa shape index (κ2) is 14.4. The van der Waals surface area contributed by atoms with Crippen LogP contribution in [-0.4, -0.2) is 9.97 Å². The third-order valence-electron chi connectivity index (χ3n) is 1.59. The largest absolute Gasteiger partial charge is 2.00 e. The van der Waals surface area contributed by atoms with E-state index in [0.717, 1.165) is 11.4 Å². The van der Waals surface area contributed by atoms with E-state index in [1.807, 2.05) is 81.6 Å². The molecular formula is C12H12I2N2Zn. The van der Waals surface area contributed by atoms with E-state index >= 15 is 0 Å². The maximum Gasteiger partial charge on any atom is 2.00 e. The minimum Gasteiger partial charge on any atom is -0.319 e. The molecule has 0 atom stereocenters. The van der Waals surface area contributed by atoms with Crippen molar-refractivity contribution >= 4 is 45.2 Å². The Morgan fingerprint density at radius 2 is 1.06 bits per heavy atom. The molecule has 0 saturated heterocycles. The van der Waals surface area contributed by atoms with Gasteiger partial charge in [-0.2, -0.15) is 0 Å². The Morgan fingerprint density at radius 3 is 1.29 bits per heavy atom. The van der Waals surface area contributed by atoms with E-state index in [4.69, 9.17) is 0 Å². The molecule has 0 aliphatic heterocycles. The molecule has 0 aromatic carbocycles. The van der Waals surface area contributed by atoms with Gasteiger partial charge in [0, 0.05) is 12.4 Å². The van der Waals surface area contributed by atoms with E-state index in [0.29, 0.717) is 0 Å². The normalized spacial score (nSPS) is 7.53. The molecule has 0 spiro atoms. The fraction of sp³-hybridized carbons (Fsp3) is 0. The molecule has 0 saturated carbocycles. The van der Waals surface area contributed by atoms with Crippen LogP contribution >= 0.6 is 45.2 Å². The summed E-state index contributed by atoms with van der Waals surface area (Å²) < 4.78 is 0. The van der Waals surface area contributed by atoms with Crippen molar-refractivity contribution in [1.82, 2.24) is 9.97 Å². The zero-order chi connectivity index (χ0) is 12.2. The van der Waals surface area contributed by atoms with Crippen LogP contribution in [0.4, 0.5) is 0 Å². The summed E-state index contributed by atoms with van der Waals surface area (Å²) in [6, 6.07) is 11.6. The first-order valence-electron chi connectivity index (χ1n) is 4.33. The fourth-order valence-corrected chi connectivity index (χ4v) is 1.03. The predicted molar refractivity (Wildman–Crippen MR) is 86.2 cm³/mol. The summed E-state index contributed by atoms with van der Waals surface area (Å²) in [7, 11) is 0. The van der Waals surface area contributed by atoms with Gasteiger partial charge in [0.1, 0.15) is 0 Å². The molecule has 2 aromatic heterocycles. The van der Waals surface area contributed by atoms with Crippen molar-refractivity contribution in [1.29, 1.82) is 0 Å². The SMILES string of the molecule is [CH2-]I.[CH2-]I.[Zn+2].c1ccc(-c2ccccn2)nc1. The van der Waals surface area contributed by atoms with E-state index in [1.54, 1.807) is 12.4 Å². The third-order valence-corrected chi connectivity index (χ3v) is 1.59. The van der Waals surface area contributed by atoms with Gasteiger partial charge in [-0.3, -0.25) is 19.8 Å². The molecule has 0 aliphatic rings. The van der Waals surface area contributed by atoms with Gasteiger partial charge in [0.25, 0.3) is 0 Å². The van der Waals surface area contributed by atoms with Crippen molar-refractivity contribution in [3.63, 3.8) is 0 Å². The van der Waals surface area contributed by atoms with Gasteiger partial charge in [-0.15, -0.1) is 0 Å². The number of halogens is 2. The molecule has 2 heterocycles. The Bertz CT molecular complexity index is 320. The zero-order valence-corrected chi connectivity index (χ0v) is 16.7. The minimum atomic E-state index is 0. The zero-order valence-electron chi connectivity index (χ0n) is 9.39. The third kappa shape index (κ3) is 8.16. The Kier molecular flexibility index (Phi) is 16.8. The molecule has 0 fully saturated rings. The number of aromatic nitrogens is 2.